The van der Waals surface area contributed by atoms with Crippen LogP contribution in [0.15, 0.2) is 24.3 Å². The topological polar surface area (TPSA) is 26.3 Å². The molecule has 0 atom stereocenters. The summed E-state index contributed by atoms with van der Waals surface area (Å²) < 4.78 is 4.79. The van der Waals surface area contributed by atoms with E-state index in [2.05, 4.69) is 30.3 Å². The van der Waals surface area contributed by atoms with E-state index in [4.69, 9.17) is 4.74 Å². The molecule has 2 nitrogen and oxygen atoms in total. The normalized spacial score (nSPS) is 8.62. The van der Waals surface area contributed by atoms with Crippen molar-refractivity contribution in [3.05, 3.63) is 24.3 Å². The standard InChI is InChI=1S/C14H16O2/c1-4-5-6-7-8-11-14(15)16-12-9-10-13(2)3/h8,11H,2,4-5,12H2,1,3H3/b11-8+. The third-order valence-corrected chi connectivity index (χ3v) is 1.37. The highest BCUT2D eigenvalue weighted by Crippen LogP contribution is 1.84. The van der Waals surface area contributed by atoms with Crippen molar-refractivity contribution in [2.45, 2.75) is 26.7 Å². The predicted molar refractivity (Wildman–Crippen MR) is 65.4 cm³/mol. The van der Waals surface area contributed by atoms with E-state index in [0.717, 1.165) is 18.4 Å². The van der Waals surface area contributed by atoms with Crippen LogP contribution in [-0.4, -0.2) is 12.6 Å². The Balaban J connectivity index is 3.81. The molecular weight excluding hydrogens is 200 g/mol. The van der Waals surface area contributed by atoms with Crippen molar-refractivity contribution in [2.24, 2.45) is 0 Å². The van der Waals surface area contributed by atoms with Crippen molar-refractivity contribution in [2.75, 3.05) is 6.61 Å². The summed E-state index contributed by atoms with van der Waals surface area (Å²) >= 11 is 0. The van der Waals surface area contributed by atoms with E-state index >= 15 is 0 Å². The predicted octanol–water partition coefficient (Wildman–Crippen LogP) is 2.47. The fourth-order valence-electron chi connectivity index (χ4n) is 0.708. The lowest BCUT2D eigenvalue weighted by Gasteiger charge is -1.92. The van der Waals surface area contributed by atoms with Gasteiger partial charge in [-0.1, -0.05) is 37.2 Å². The molecule has 0 aromatic heterocycles. The first-order chi connectivity index (χ1) is 7.66. The van der Waals surface area contributed by atoms with Crippen molar-refractivity contribution >= 4 is 5.97 Å². The highest BCUT2D eigenvalue weighted by Gasteiger charge is 1.91. The van der Waals surface area contributed by atoms with Gasteiger partial charge in [0.25, 0.3) is 0 Å². The van der Waals surface area contributed by atoms with E-state index in [9.17, 15) is 4.79 Å². The van der Waals surface area contributed by atoms with Gasteiger partial charge in [-0.05, 0) is 25.0 Å². The minimum absolute atomic E-state index is 0.0818. The second-order valence-corrected chi connectivity index (χ2v) is 3.09. The van der Waals surface area contributed by atoms with Crippen molar-refractivity contribution < 1.29 is 9.53 Å². The van der Waals surface area contributed by atoms with E-state index in [1.807, 2.05) is 6.92 Å². The van der Waals surface area contributed by atoms with E-state index in [-0.39, 0.29) is 6.61 Å². The second kappa shape index (κ2) is 9.62. The smallest absolute Gasteiger partial charge is 0.332 e. The number of unbranched alkanes of at least 4 members (excludes halogenated alkanes) is 1. The molecule has 0 rings (SSSR count). The van der Waals surface area contributed by atoms with Gasteiger partial charge >= 0.3 is 5.97 Å². The van der Waals surface area contributed by atoms with Crippen molar-refractivity contribution in [1.29, 1.82) is 0 Å². The van der Waals surface area contributed by atoms with Crippen LogP contribution in [0, 0.1) is 23.7 Å². The minimum atomic E-state index is -0.429. The van der Waals surface area contributed by atoms with E-state index in [0.29, 0.717) is 0 Å². The zero-order chi connectivity index (χ0) is 12.2. The summed E-state index contributed by atoms with van der Waals surface area (Å²) in [5, 5.41) is 0. The molecule has 0 saturated heterocycles. The summed E-state index contributed by atoms with van der Waals surface area (Å²) in [5.41, 5.74) is 0.747. The number of allylic oxidation sites excluding steroid dienone is 2. The molecule has 16 heavy (non-hydrogen) atoms. The van der Waals surface area contributed by atoms with Gasteiger partial charge in [-0.3, -0.25) is 0 Å². The van der Waals surface area contributed by atoms with Gasteiger partial charge < -0.3 is 4.74 Å². The monoisotopic (exact) mass is 216 g/mol. The summed E-state index contributed by atoms with van der Waals surface area (Å²) in [7, 11) is 0. The third-order valence-electron chi connectivity index (χ3n) is 1.37. The van der Waals surface area contributed by atoms with Gasteiger partial charge in [0, 0.05) is 12.5 Å². The lowest BCUT2D eigenvalue weighted by Crippen LogP contribution is -2.00. The van der Waals surface area contributed by atoms with Gasteiger partial charge in [0.05, 0.1) is 0 Å². The maximum atomic E-state index is 11.1. The van der Waals surface area contributed by atoms with Crippen LogP contribution in [0.3, 0.4) is 0 Å². The van der Waals surface area contributed by atoms with Gasteiger partial charge in [0.1, 0.15) is 0 Å². The molecular formula is C14H16O2. The van der Waals surface area contributed by atoms with E-state index in [1.165, 1.54) is 12.2 Å². The van der Waals surface area contributed by atoms with Crippen LogP contribution in [0.2, 0.25) is 0 Å². The average Bonchev–Trinajstić information content (AvgIpc) is 2.24. The Morgan fingerprint density at radius 2 is 2.19 bits per heavy atom. The zero-order valence-electron chi connectivity index (χ0n) is 9.80. The number of hydrogen-bond donors (Lipinski definition) is 0. The van der Waals surface area contributed by atoms with Crippen LogP contribution in [0.1, 0.15) is 26.7 Å². The summed E-state index contributed by atoms with van der Waals surface area (Å²) in [4.78, 5) is 11.1. The minimum Gasteiger partial charge on any atom is -0.449 e. The first-order valence-corrected chi connectivity index (χ1v) is 5.13. The molecule has 0 unspecified atom stereocenters. The number of carbonyl (C=O) groups excluding carboxylic acids is 1. The Hall–Kier alpha value is -1.93. The zero-order valence-corrected chi connectivity index (χ0v) is 9.80. The molecule has 0 saturated carbocycles. The third kappa shape index (κ3) is 10.2. The van der Waals surface area contributed by atoms with Gasteiger partial charge in [-0.25, -0.2) is 4.79 Å². The van der Waals surface area contributed by atoms with Crippen molar-refractivity contribution in [3.8, 4) is 23.7 Å². The second-order valence-electron chi connectivity index (χ2n) is 3.09. The highest BCUT2D eigenvalue weighted by molar-refractivity contribution is 5.82. The van der Waals surface area contributed by atoms with Crippen LogP contribution in [0.5, 0.6) is 0 Å². The largest absolute Gasteiger partial charge is 0.449 e. The molecule has 0 aromatic rings. The lowest BCUT2D eigenvalue weighted by molar-refractivity contribution is -0.136. The SMILES string of the molecule is C=C(C)C#CCOC(=O)/C=C/C#CCCC. The molecule has 0 amide bonds. The molecule has 0 bridgehead atoms. The quantitative estimate of drug-likeness (QED) is 0.411. The first-order valence-electron chi connectivity index (χ1n) is 5.13. The molecule has 0 heterocycles. The molecule has 0 fully saturated rings. The van der Waals surface area contributed by atoms with E-state index in [1.54, 1.807) is 6.92 Å². The molecule has 0 radical (unpaired) electrons. The van der Waals surface area contributed by atoms with Crippen LogP contribution < -0.4 is 0 Å². The first kappa shape index (κ1) is 14.1. The number of hydrogen-bond acceptors (Lipinski definition) is 2. The highest BCUT2D eigenvalue weighted by atomic mass is 16.5. The van der Waals surface area contributed by atoms with Crippen LogP contribution in [0.4, 0.5) is 0 Å². The van der Waals surface area contributed by atoms with Crippen LogP contribution in [-0.2, 0) is 9.53 Å². The molecule has 0 aromatic carbocycles. The lowest BCUT2D eigenvalue weighted by atomic mass is 10.3. The maximum absolute atomic E-state index is 11.1. The Morgan fingerprint density at radius 3 is 2.81 bits per heavy atom. The molecule has 0 aliphatic carbocycles. The van der Waals surface area contributed by atoms with Crippen LogP contribution in [0.25, 0.3) is 0 Å². The Morgan fingerprint density at radius 1 is 1.44 bits per heavy atom. The fraction of sp³-hybridized carbons (Fsp3) is 0.357. The Kier molecular flexibility index (Phi) is 8.46. The molecule has 0 N–H and O–H groups in total. The van der Waals surface area contributed by atoms with Gasteiger partial charge in [0.15, 0.2) is 6.61 Å². The van der Waals surface area contributed by atoms with Crippen LogP contribution >= 0.6 is 0 Å². The maximum Gasteiger partial charge on any atom is 0.332 e. The van der Waals surface area contributed by atoms with Gasteiger partial charge in [0.2, 0.25) is 0 Å². The number of esters is 1. The molecule has 0 aliphatic rings. The van der Waals surface area contributed by atoms with Crippen molar-refractivity contribution in [1.82, 2.24) is 0 Å². The van der Waals surface area contributed by atoms with Gasteiger partial charge in [-0.15, -0.1) is 0 Å². The summed E-state index contributed by atoms with van der Waals surface area (Å²) in [6.07, 6.45) is 4.64. The molecule has 0 aliphatic heterocycles. The van der Waals surface area contributed by atoms with Crippen molar-refractivity contribution in [3.63, 3.8) is 0 Å². The molecule has 84 valence electrons. The van der Waals surface area contributed by atoms with Gasteiger partial charge in [-0.2, -0.15) is 0 Å². The summed E-state index contributed by atoms with van der Waals surface area (Å²) in [5.74, 6) is 10.6. The Bertz CT molecular complexity index is 380. The average molecular weight is 216 g/mol. The molecule has 0 spiro atoms. The van der Waals surface area contributed by atoms with E-state index < -0.39 is 5.97 Å². The summed E-state index contributed by atoms with van der Waals surface area (Å²) in [6, 6.07) is 0. The Labute approximate surface area is 97.4 Å². The number of rotatable bonds is 3. The summed E-state index contributed by atoms with van der Waals surface area (Å²) in [6.45, 7) is 7.52. The number of ether oxygens (including phenoxy) is 1. The molecule has 2 heteroatoms. The fourth-order valence-corrected chi connectivity index (χ4v) is 0.708. The number of carbonyl (C=O) groups is 1.